The Balaban J connectivity index is 2.34. The van der Waals surface area contributed by atoms with Crippen LogP contribution in [0.15, 0.2) is 35.7 Å². The van der Waals surface area contributed by atoms with Crippen molar-refractivity contribution in [2.45, 2.75) is 0 Å². The molecule has 2 heterocycles. The maximum Gasteiger partial charge on any atom is 0.339 e. The van der Waals surface area contributed by atoms with E-state index in [0.29, 0.717) is 5.57 Å². The molecule has 4 nitrogen and oxygen atoms in total. The first-order valence-corrected chi connectivity index (χ1v) is 7.64. The van der Waals surface area contributed by atoms with Crippen molar-refractivity contribution in [1.29, 1.82) is 0 Å². The summed E-state index contributed by atoms with van der Waals surface area (Å²) in [6.45, 7) is 0. The number of carboxylic acid groups (broad SMARTS) is 1. The number of hydrogen-bond acceptors (Lipinski definition) is 5. The predicted molar refractivity (Wildman–Crippen MR) is 85.2 cm³/mol. The monoisotopic (exact) mass is 320 g/mol. The highest BCUT2D eigenvalue weighted by molar-refractivity contribution is 7.14. The van der Waals surface area contributed by atoms with Crippen LogP contribution in [0.3, 0.4) is 0 Å². The van der Waals surface area contributed by atoms with Crippen LogP contribution in [-0.2, 0) is 14.3 Å². The first-order valence-electron chi connectivity index (χ1n) is 5.95. The number of hydrogen-bond donors (Lipinski definition) is 1. The minimum absolute atomic E-state index is 0.418. The van der Waals surface area contributed by atoms with Crippen molar-refractivity contribution in [1.82, 2.24) is 0 Å². The van der Waals surface area contributed by atoms with Gasteiger partial charge in [-0.1, -0.05) is 6.07 Å². The lowest BCUT2D eigenvalue weighted by Gasteiger charge is -2.02. The molecule has 2 aromatic rings. The van der Waals surface area contributed by atoms with Crippen LogP contribution >= 0.6 is 22.7 Å². The van der Waals surface area contributed by atoms with E-state index in [1.807, 2.05) is 17.5 Å². The molecule has 0 amide bonds. The average Bonchev–Trinajstić information content (AvgIpc) is 3.13. The lowest BCUT2D eigenvalue weighted by atomic mass is 10.2. The van der Waals surface area contributed by atoms with Gasteiger partial charge in [0, 0.05) is 20.7 Å². The Hall–Kier alpha value is -2.18. The van der Waals surface area contributed by atoms with Crippen molar-refractivity contribution < 1.29 is 19.4 Å². The standard InChI is InChI=1S/C15H12O4S2/c1-19-15(18)12(9-11-3-2-8-20-11)13-6-4-10(21-13)5-7-14(16)17/h2-9H,1H3,(H,16,17)/b7-5+,12-9+. The van der Waals surface area contributed by atoms with Crippen LogP contribution in [0.1, 0.15) is 14.6 Å². The molecule has 1 N–H and O–H groups in total. The molecule has 2 aromatic heterocycles. The summed E-state index contributed by atoms with van der Waals surface area (Å²) in [4.78, 5) is 24.9. The van der Waals surface area contributed by atoms with E-state index in [2.05, 4.69) is 0 Å². The number of carboxylic acids is 1. The van der Waals surface area contributed by atoms with Gasteiger partial charge in [-0.2, -0.15) is 0 Å². The van der Waals surface area contributed by atoms with Crippen LogP contribution in [0.2, 0.25) is 0 Å². The third-order valence-corrected chi connectivity index (χ3v) is 4.42. The van der Waals surface area contributed by atoms with Crippen molar-refractivity contribution >= 4 is 52.3 Å². The number of methoxy groups -OCH3 is 1. The SMILES string of the molecule is COC(=O)/C(=C/c1cccs1)c1ccc(/C=C/C(=O)O)s1. The van der Waals surface area contributed by atoms with Crippen LogP contribution in [0, 0.1) is 0 Å². The van der Waals surface area contributed by atoms with Crippen molar-refractivity contribution in [3.63, 3.8) is 0 Å². The second kappa shape index (κ2) is 7.01. The molecule has 0 spiro atoms. The first-order chi connectivity index (χ1) is 10.1. The highest BCUT2D eigenvalue weighted by atomic mass is 32.1. The Morgan fingerprint density at radius 1 is 1.24 bits per heavy atom. The minimum Gasteiger partial charge on any atom is -0.478 e. The maximum atomic E-state index is 11.9. The Labute approximate surface area is 129 Å². The molecule has 0 aliphatic rings. The summed E-state index contributed by atoms with van der Waals surface area (Å²) in [5.41, 5.74) is 0.458. The molecule has 0 aliphatic heterocycles. The van der Waals surface area contributed by atoms with E-state index in [0.717, 1.165) is 20.7 Å². The third kappa shape index (κ3) is 4.14. The van der Waals surface area contributed by atoms with Crippen molar-refractivity contribution in [3.05, 3.63) is 50.4 Å². The summed E-state index contributed by atoms with van der Waals surface area (Å²) in [7, 11) is 1.34. The van der Waals surface area contributed by atoms with Gasteiger partial charge in [0.05, 0.1) is 12.7 Å². The molecule has 0 unspecified atom stereocenters. The zero-order valence-corrected chi connectivity index (χ0v) is 12.7. The minimum atomic E-state index is -1.01. The van der Waals surface area contributed by atoms with Crippen molar-refractivity contribution in [2.75, 3.05) is 7.11 Å². The average molecular weight is 320 g/mol. The summed E-state index contributed by atoms with van der Waals surface area (Å²) < 4.78 is 4.81. The molecular formula is C15H12O4S2. The first kappa shape index (κ1) is 15.2. The molecule has 21 heavy (non-hydrogen) atoms. The van der Waals surface area contributed by atoms with Crippen molar-refractivity contribution in [2.24, 2.45) is 0 Å². The molecule has 6 heteroatoms. The molecule has 0 aromatic carbocycles. The van der Waals surface area contributed by atoms with E-state index >= 15 is 0 Å². The van der Waals surface area contributed by atoms with Gasteiger partial charge < -0.3 is 9.84 Å². The number of carbonyl (C=O) groups is 2. The molecule has 0 fully saturated rings. The quantitative estimate of drug-likeness (QED) is 0.675. The summed E-state index contributed by atoms with van der Waals surface area (Å²) in [6, 6.07) is 7.36. The molecule has 0 saturated carbocycles. The van der Waals surface area contributed by atoms with E-state index in [4.69, 9.17) is 9.84 Å². The van der Waals surface area contributed by atoms with Crippen LogP contribution in [0.4, 0.5) is 0 Å². The Kier molecular flexibility index (Phi) is 5.08. The molecular weight excluding hydrogens is 308 g/mol. The molecule has 0 bridgehead atoms. The van der Waals surface area contributed by atoms with E-state index in [1.54, 1.807) is 18.2 Å². The van der Waals surface area contributed by atoms with Gasteiger partial charge in [0.1, 0.15) is 0 Å². The number of carbonyl (C=O) groups excluding carboxylic acids is 1. The fourth-order valence-electron chi connectivity index (χ4n) is 1.60. The zero-order valence-electron chi connectivity index (χ0n) is 11.1. The van der Waals surface area contributed by atoms with Gasteiger partial charge in [0.2, 0.25) is 0 Å². The van der Waals surface area contributed by atoms with Gasteiger partial charge in [0.25, 0.3) is 0 Å². The van der Waals surface area contributed by atoms with Crippen molar-refractivity contribution in [3.8, 4) is 0 Å². The summed E-state index contributed by atoms with van der Waals surface area (Å²) >= 11 is 2.86. The second-order valence-corrected chi connectivity index (χ2v) is 6.03. The lowest BCUT2D eigenvalue weighted by molar-refractivity contribution is -0.134. The summed E-state index contributed by atoms with van der Waals surface area (Å²) in [5, 5.41) is 10.5. The Bertz CT molecular complexity index is 693. The van der Waals surface area contributed by atoms with E-state index in [-0.39, 0.29) is 0 Å². The normalized spacial score (nSPS) is 11.8. The highest BCUT2D eigenvalue weighted by Crippen LogP contribution is 2.28. The summed E-state index contributed by atoms with van der Waals surface area (Å²) in [6.07, 6.45) is 4.33. The number of thiophene rings is 2. The van der Waals surface area contributed by atoms with Gasteiger partial charge in [-0.3, -0.25) is 0 Å². The fourth-order valence-corrected chi connectivity index (χ4v) is 3.17. The van der Waals surface area contributed by atoms with E-state index in [9.17, 15) is 9.59 Å². The highest BCUT2D eigenvalue weighted by Gasteiger charge is 2.15. The number of aliphatic carboxylic acids is 1. The maximum absolute atomic E-state index is 11.9. The van der Waals surface area contributed by atoms with Crippen LogP contribution in [0.25, 0.3) is 17.7 Å². The number of rotatable bonds is 5. The number of ether oxygens (including phenoxy) is 1. The lowest BCUT2D eigenvalue weighted by Crippen LogP contribution is -2.02. The topological polar surface area (TPSA) is 63.6 Å². The van der Waals surface area contributed by atoms with Crippen LogP contribution in [0.5, 0.6) is 0 Å². The molecule has 2 rings (SSSR count). The van der Waals surface area contributed by atoms with E-state index in [1.165, 1.54) is 35.9 Å². The molecule has 0 radical (unpaired) electrons. The number of esters is 1. The molecule has 0 saturated heterocycles. The zero-order chi connectivity index (χ0) is 15.2. The molecule has 0 aliphatic carbocycles. The third-order valence-electron chi connectivity index (χ3n) is 2.52. The summed E-state index contributed by atoms with van der Waals surface area (Å²) in [5.74, 6) is -1.42. The molecule has 108 valence electrons. The molecule has 0 atom stereocenters. The predicted octanol–water partition coefficient (Wildman–Crippen LogP) is 3.62. The van der Waals surface area contributed by atoms with Gasteiger partial charge in [-0.15, -0.1) is 22.7 Å². The second-order valence-electron chi connectivity index (χ2n) is 3.94. The van der Waals surface area contributed by atoms with Crippen LogP contribution in [-0.4, -0.2) is 24.2 Å². The van der Waals surface area contributed by atoms with Gasteiger partial charge >= 0.3 is 11.9 Å². The van der Waals surface area contributed by atoms with Gasteiger partial charge in [-0.05, 0) is 35.7 Å². The van der Waals surface area contributed by atoms with Gasteiger partial charge in [0.15, 0.2) is 0 Å². The smallest absolute Gasteiger partial charge is 0.339 e. The Morgan fingerprint density at radius 3 is 2.67 bits per heavy atom. The van der Waals surface area contributed by atoms with Crippen LogP contribution < -0.4 is 0 Å². The Morgan fingerprint density at radius 2 is 2.05 bits per heavy atom. The van der Waals surface area contributed by atoms with E-state index < -0.39 is 11.9 Å². The largest absolute Gasteiger partial charge is 0.478 e. The van der Waals surface area contributed by atoms with Gasteiger partial charge in [-0.25, -0.2) is 9.59 Å². The fraction of sp³-hybridized carbons (Fsp3) is 0.0667.